The van der Waals surface area contributed by atoms with Crippen LogP contribution in [0.5, 0.6) is 0 Å². The highest BCUT2D eigenvalue weighted by Gasteiger charge is 2.18. The summed E-state index contributed by atoms with van der Waals surface area (Å²) in [5, 5.41) is 9.01. The van der Waals surface area contributed by atoms with Gasteiger partial charge >= 0.3 is 5.97 Å². The molecule has 0 heterocycles. The molecule has 88 valence electrons. The predicted molar refractivity (Wildman–Crippen MR) is 61.5 cm³/mol. The number of halogens is 1. The molecule has 0 aliphatic heterocycles. The van der Waals surface area contributed by atoms with Crippen molar-refractivity contribution in [1.82, 2.24) is 0 Å². The number of aromatic carboxylic acids is 1. The van der Waals surface area contributed by atoms with Crippen molar-refractivity contribution >= 4 is 11.7 Å². The number of carbonyl (C=O) groups is 1. The van der Waals surface area contributed by atoms with Crippen molar-refractivity contribution in [1.29, 1.82) is 0 Å². The van der Waals surface area contributed by atoms with Gasteiger partial charge in [0.15, 0.2) is 0 Å². The summed E-state index contributed by atoms with van der Waals surface area (Å²) in [6.45, 7) is 5.10. The fraction of sp³-hybridized carbons (Fsp3) is 0.417. The molecule has 0 unspecified atom stereocenters. The van der Waals surface area contributed by atoms with E-state index in [1.54, 1.807) is 4.90 Å². The molecule has 0 spiro atoms. The Kier molecular flexibility index (Phi) is 4.28. The molecular formula is C12H16FNO2. The van der Waals surface area contributed by atoms with Gasteiger partial charge in [0.25, 0.3) is 0 Å². The summed E-state index contributed by atoms with van der Waals surface area (Å²) < 4.78 is 13.7. The molecule has 1 rings (SSSR count). The van der Waals surface area contributed by atoms with Gasteiger partial charge in [0.05, 0.1) is 11.3 Å². The number of benzene rings is 1. The minimum Gasteiger partial charge on any atom is -0.478 e. The highest BCUT2D eigenvalue weighted by atomic mass is 19.1. The van der Waals surface area contributed by atoms with Gasteiger partial charge in [0.2, 0.25) is 0 Å². The maximum atomic E-state index is 13.7. The molecule has 1 aromatic carbocycles. The summed E-state index contributed by atoms with van der Waals surface area (Å²) in [6.07, 6.45) is 0.848. The van der Waals surface area contributed by atoms with Crippen LogP contribution in [0.4, 0.5) is 10.1 Å². The first-order chi connectivity index (χ1) is 7.61. The number of carboxylic acids is 1. The van der Waals surface area contributed by atoms with E-state index in [1.807, 2.05) is 13.8 Å². The summed E-state index contributed by atoms with van der Waals surface area (Å²) in [6, 6.07) is 4.14. The number of hydrogen-bond acceptors (Lipinski definition) is 2. The Labute approximate surface area is 94.5 Å². The van der Waals surface area contributed by atoms with Crippen LogP contribution in [0, 0.1) is 5.82 Å². The first kappa shape index (κ1) is 12.5. The molecule has 0 saturated carbocycles. The van der Waals surface area contributed by atoms with Crippen LogP contribution in [0.1, 0.15) is 30.6 Å². The van der Waals surface area contributed by atoms with E-state index in [-0.39, 0.29) is 11.3 Å². The van der Waals surface area contributed by atoms with Crippen LogP contribution in [-0.4, -0.2) is 24.2 Å². The number of rotatable bonds is 5. The van der Waals surface area contributed by atoms with Crippen LogP contribution < -0.4 is 4.90 Å². The van der Waals surface area contributed by atoms with Crippen LogP contribution in [0.3, 0.4) is 0 Å². The maximum Gasteiger partial charge on any atom is 0.337 e. The maximum absolute atomic E-state index is 13.7. The predicted octanol–water partition coefficient (Wildman–Crippen LogP) is 2.76. The average molecular weight is 225 g/mol. The van der Waals surface area contributed by atoms with Gasteiger partial charge in [-0.3, -0.25) is 0 Å². The lowest BCUT2D eigenvalue weighted by Crippen LogP contribution is -2.26. The van der Waals surface area contributed by atoms with Crippen LogP contribution in [0.15, 0.2) is 18.2 Å². The molecule has 16 heavy (non-hydrogen) atoms. The van der Waals surface area contributed by atoms with Gasteiger partial charge in [-0.05, 0) is 25.5 Å². The topological polar surface area (TPSA) is 40.5 Å². The fourth-order valence-electron chi connectivity index (χ4n) is 1.71. The molecule has 1 aromatic rings. The van der Waals surface area contributed by atoms with Crippen molar-refractivity contribution in [2.75, 3.05) is 18.0 Å². The van der Waals surface area contributed by atoms with Crippen molar-refractivity contribution in [2.24, 2.45) is 0 Å². The molecule has 3 nitrogen and oxygen atoms in total. The zero-order valence-electron chi connectivity index (χ0n) is 9.53. The zero-order valence-corrected chi connectivity index (χ0v) is 9.53. The lowest BCUT2D eigenvalue weighted by Gasteiger charge is -2.24. The molecule has 0 saturated heterocycles. The minimum absolute atomic E-state index is 0.0234. The highest BCUT2D eigenvalue weighted by molar-refractivity contribution is 5.94. The van der Waals surface area contributed by atoms with Crippen molar-refractivity contribution in [3.8, 4) is 0 Å². The van der Waals surface area contributed by atoms with Crippen LogP contribution in [0.2, 0.25) is 0 Å². The quantitative estimate of drug-likeness (QED) is 0.837. The van der Waals surface area contributed by atoms with Crippen molar-refractivity contribution in [3.05, 3.63) is 29.6 Å². The molecule has 0 bridgehead atoms. The first-order valence-corrected chi connectivity index (χ1v) is 5.38. The molecule has 0 aliphatic rings. The standard InChI is InChI=1S/C12H16FNO2/c1-3-8-14(4-2)11-9(12(15)16)6-5-7-10(11)13/h5-7H,3-4,8H2,1-2H3,(H,15,16). The van der Waals surface area contributed by atoms with Crippen LogP contribution in [-0.2, 0) is 0 Å². The second kappa shape index (κ2) is 5.49. The largest absolute Gasteiger partial charge is 0.478 e. The number of nitrogens with zero attached hydrogens (tertiary/aromatic N) is 1. The smallest absolute Gasteiger partial charge is 0.337 e. The van der Waals surface area contributed by atoms with Crippen molar-refractivity contribution in [3.63, 3.8) is 0 Å². The summed E-state index contributed by atoms with van der Waals surface area (Å²) in [4.78, 5) is 12.8. The summed E-state index contributed by atoms with van der Waals surface area (Å²) in [7, 11) is 0. The third kappa shape index (κ3) is 2.51. The van der Waals surface area contributed by atoms with Gasteiger partial charge in [0, 0.05) is 13.1 Å². The normalized spacial score (nSPS) is 10.2. The SMILES string of the molecule is CCCN(CC)c1c(F)cccc1C(=O)O. The molecular weight excluding hydrogens is 209 g/mol. The molecule has 0 aliphatic carbocycles. The Hall–Kier alpha value is -1.58. The van der Waals surface area contributed by atoms with Gasteiger partial charge in [-0.2, -0.15) is 0 Å². The van der Waals surface area contributed by atoms with Crippen LogP contribution in [0.25, 0.3) is 0 Å². The van der Waals surface area contributed by atoms with E-state index in [2.05, 4.69) is 0 Å². The number of hydrogen-bond donors (Lipinski definition) is 1. The van der Waals surface area contributed by atoms with Gasteiger partial charge in [-0.1, -0.05) is 13.0 Å². The second-order valence-corrected chi connectivity index (χ2v) is 3.52. The van der Waals surface area contributed by atoms with Gasteiger partial charge in [0.1, 0.15) is 5.82 Å². The number of carboxylic acid groups (broad SMARTS) is 1. The van der Waals surface area contributed by atoms with Crippen molar-refractivity contribution in [2.45, 2.75) is 20.3 Å². The van der Waals surface area contributed by atoms with E-state index in [9.17, 15) is 9.18 Å². The van der Waals surface area contributed by atoms with E-state index in [0.29, 0.717) is 13.1 Å². The summed E-state index contributed by atoms with van der Waals surface area (Å²) in [5.74, 6) is -1.57. The van der Waals surface area contributed by atoms with Crippen molar-refractivity contribution < 1.29 is 14.3 Å². The van der Waals surface area contributed by atoms with E-state index in [0.717, 1.165) is 6.42 Å². The van der Waals surface area contributed by atoms with E-state index < -0.39 is 11.8 Å². The molecule has 0 aromatic heterocycles. The molecule has 1 N–H and O–H groups in total. The number of para-hydroxylation sites is 1. The summed E-state index contributed by atoms with van der Waals surface area (Å²) >= 11 is 0. The third-order valence-electron chi connectivity index (χ3n) is 2.41. The third-order valence-corrected chi connectivity index (χ3v) is 2.41. The monoisotopic (exact) mass is 225 g/mol. The molecule has 0 atom stereocenters. The minimum atomic E-state index is -1.09. The Morgan fingerprint density at radius 1 is 1.44 bits per heavy atom. The summed E-state index contributed by atoms with van der Waals surface area (Å²) in [5.41, 5.74) is 0.217. The Morgan fingerprint density at radius 3 is 2.62 bits per heavy atom. The first-order valence-electron chi connectivity index (χ1n) is 5.38. The second-order valence-electron chi connectivity index (χ2n) is 3.52. The van der Waals surface area contributed by atoms with E-state index >= 15 is 0 Å². The Balaban J connectivity index is 3.22. The average Bonchev–Trinajstić information content (AvgIpc) is 2.26. The molecule has 0 amide bonds. The fourth-order valence-corrected chi connectivity index (χ4v) is 1.71. The van der Waals surface area contributed by atoms with Crippen LogP contribution >= 0.6 is 0 Å². The van der Waals surface area contributed by atoms with Gasteiger partial charge in [-0.25, -0.2) is 9.18 Å². The molecule has 4 heteroatoms. The molecule has 0 radical (unpaired) electrons. The Bertz CT molecular complexity index is 379. The molecule has 0 fully saturated rings. The zero-order chi connectivity index (χ0) is 12.1. The highest BCUT2D eigenvalue weighted by Crippen LogP contribution is 2.24. The van der Waals surface area contributed by atoms with E-state index in [4.69, 9.17) is 5.11 Å². The van der Waals surface area contributed by atoms with Gasteiger partial charge < -0.3 is 10.0 Å². The Morgan fingerprint density at radius 2 is 2.12 bits per heavy atom. The van der Waals surface area contributed by atoms with Gasteiger partial charge in [-0.15, -0.1) is 0 Å². The number of anilines is 1. The lowest BCUT2D eigenvalue weighted by atomic mass is 10.1. The van der Waals surface area contributed by atoms with E-state index in [1.165, 1.54) is 18.2 Å². The lowest BCUT2D eigenvalue weighted by molar-refractivity contribution is 0.0697.